The number of aryl methyl sites for hydroxylation is 1. The molecule has 0 spiro atoms. The van der Waals surface area contributed by atoms with E-state index in [9.17, 15) is 9.59 Å². The molecule has 5 nitrogen and oxygen atoms in total. The molecule has 1 unspecified atom stereocenters. The Labute approximate surface area is 127 Å². The number of nitrogens with two attached hydrogens (primary N) is 1. The number of nitrogen functional groups attached to an aromatic ring is 1. The number of hydrogen-bond donors (Lipinski definition) is 2. The number of carbonyl (C=O) groups excluding carboxylic acids is 1. The lowest BCUT2D eigenvalue weighted by Gasteiger charge is -2.15. The number of halogens is 1. The molecular formula is C15H16ClN3O2. The summed E-state index contributed by atoms with van der Waals surface area (Å²) in [6, 6.07) is 7.40. The number of aromatic nitrogens is 1. The van der Waals surface area contributed by atoms with Crippen molar-refractivity contribution < 1.29 is 4.79 Å². The molecule has 1 aromatic heterocycles. The molecule has 0 fully saturated rings. The van der Waals surface area contributed by atoms with Gasteiger partial charge in [-0.25, -0.2) is 0 Å². The number of pyridine rings is 1. The number of anilines is 2. The Morgan fingerprint density at radius 3 is 2.71 bits per heavy atom. The zero-order valence-electron chi connectivity index (χ0n) is 11.8. The van der Waals surface area contributed by atoms with Crippen molar-refractivity contribution in [3.63, 3.8) is 0 Å². The molecule has 0 saturated heterocycles. The molecule has 2 rings (SSSR count). The summed E-state index contributed by atoms with van der Waals surface area (Å²) in [5, 5.41) is 3.30. The first-order valence-corrected chi connectivity index (χ1v) is 6.81. The molecular weight excluding hydrogens is 290 g/mol. The van der Waals surface area contributed by atoms with E-state index < -0.39 is 6.04 Å². The summed E-state index contributed by atoms with van der Waals surface area (Å²) in [6.07, 6.45) is 1.45. The van der Waals surface area contributed by atoms with Crippen LogP contribution in [0.4, 0.5) is 11.4 Å². The van der Waals surface area contributed by atoms with Crippen molar-refractivity contribution in [2.75, 3.05) is 11.1 Å². The predicted octanol–water partition coefficient (Wildman–Crippen LogP) is 2.59. The maximum Gasteiger partial charge on any atom is 0.251 e. The number of nitrogens with zero attached hydrogens (tertiary/aromatic N) is 1. The third-order valence-electron chi connectivity index (χ3n) is 3.20. The quantitative estimate of drug-likeness (QED) is 0.915. The highest BCUT2D eigenvalue weighted by atomic mass is 35.5. The summed E-state index contributed by atoms with van der Waals surface area (Å²) in [5.74, 6) is -0.317. The van der Waals surface area contributed by atoms with Gasteiger partial charge in [0.25, 0.3) is 5.56 Å². The fraction of sp³-hybridized carbons (Fsp3) is 0.200. The van der Waals surface area contributed by atoms with Crippen molar-refractivity contribution in [2.24, 2.45) is 0 Å². The van der Waals surface area contributed by atoms with Crippen LogP contribution in [0.5, 0.6) is 0 Å². The van der Waals surface area contributed by atoms with E-state index in [4.69, 9.17) is 17.3 Å². The molecule has 1 amide bonds. The molecule has 0 saturated carbocycles. The molecule has 0 aliphatic rings. The van der Waals surface area contributed by atoms with Gasteiger partial charge in [0.15, 0.2) is 0 Å². The molecule has 110 valence electrons. The van der Waals surface area contributed by atoms with E-state index in [1.807, 2.05) is 13.0 Å². The highest BCUT2D eigenvalue weighted by molar-refractivity contribution is 6.31. The van der Waals surface area contributed by atoms with Crippen molar-refractivity contribution in [3.05, 3.63) is 57.5 Å². The van der Waals surface area contributed by atoms with Gasteiger partial charge in [0.2, 0.25) is 5.91 Å². The van der Waals surface area contributed by atoms with E-state index in [-0.39, 0.29) is 11.5 Å². The average molecular weight is 306 g/mol. The van der Waals surface area contributed by atoms with Gasteiger partial charge in [-0.1, -0.05) is 17.7 Å². The van der Waals surface area contributed by atoms with Crippen molar-refractivity contribution in [3.8, 4) is 0 Å². The largest absolute Gasteiger partial charge is 0.398 e. The van der Waals surface area contributed by atoms with E-state index >= 15 is 0 Å². The Hall–Kier alpha value is -2.27. The Morgan fingerprint density at radius 1 is 1.33 bits per heavy atom. The summed E-state index contributed by atoms with van der Waals surface area (Å²) in [5.41, 5.74) is 7.29. The molecule has 3 N–H and O–H groups in total. The maximum absolute atomic E-state index is 12.2. The highest BCUT2D eigenvalue weighted by Gasteiger charge is 2.16. The van der Waals surface area contributed by atoms with Gasteiger partial charge in [-0.05, 0) is 37.6 Å². The number of rotatable bonds is 3. The first-order chi connectivity index (χ1) is 9.88. The van der Waals surface area contributed by atoms with Gasteiger partial charge in [-0.15, -0.1) is 0 Å². The lowest BCUT2D eigenvalue weighted by atomic mass is 10.2. The molecule has 0 aliphatic carbocycles. The van der Waals surface area contributed by atoms with Gasteiger partial charge in [-0.3, -0.25) is 9.59 Å². The van der Waals surface area contributed by atoms with Crippen LogP contribution in [-0.2, 0) is 4.79 Å². The van der Waals surface area contributed by atoms with Gasteiger partial charge in [0.05, 0.1) is 0 Å². The number of carbonyl (C=O) groups is 1. The molecule has 0 radical (unpaired) electrons. The van der Waals surface area contributed by atoms with Crippen LogP contribution in [0.2, 0.25) is 5.02 Å². The predicted molar refractivity (Wildman–Crippen MR) is 84.6 cm³/mol. The summed E-state index contributed by atoms with van der Waals surface area (Å²) >= 11 is 6.02. The smallest absolute Gasteiger partial charge is 0.251 e. The molecule has 1 aromatic carbocycles. The fourth-order valence-corrected chi connectivity index (χ4v) is 2.05. The van der Waals surface area contributed by atoms with Gasteiger partial charge in [0.1, 0.15) is 6.04 Å². The summed E-state index contributed by atoms with van der Waals surface area (Å²) in [7, 11) is 0. The lowest BCUT2D eigenvalue weighted by Crippen LogP contribution is -2.31. The minimum absolute atomic E-state index is 0.284. The van der Waals surface area contributed by atoms with Crippen molar-refractivity contribution in [1.29, 1.82) is 0 Å². The van der Waals surface area contributed by atoms with E-state index in [0.717, 1.165) is 5.56 Å². The van der Waals surface area contributed by atoms with Crippen LogP contribution < -0.4 is 16.6 Å². The van der Waals surface area contributed by atoms with E-state index in [1.165, 1.54) is 22.9 Å². The number of amides is 1. The minimum Gasteiger partial charge on any atom is -0.398 e. The molecule has 0 aliphatic heterocycles. The third kappa shape index (κ3) is 3.44. The first-order valence-electron chi connectivity index (χ1n) is 6.43. The van der Waals surface area contributed by atoms with Crippen LogP contribution in [0.1, 0.15) is 18.5 Å². The lowest BCUT2D eigenvalue weighted by molar-refractivity contribution is -0.118. The SMILES string of the molecule is Cc1ccc(NC(=O)C(C)n2cc(N)ccc2=O)cc1Cl. The zero-order chi connectivity index (χ0) is 15.6. The molecule has 6 heteroatoms. The van der Waals surface area contributed by atoms with E-state index in [2.05, 4.69) is 5.32 Å². The van der Waals surface area contributed by atoms with Gasteiger partial charge in [0, 0.05) is 28.7 Å². The highest BCUT2D eigenvalue weighted by Crippen LogP contribution is 2.20. The van der Waals surface area contributed by atoms with E-state index in [1.54, 1.807) is 19.1 Å². The Bertz CT molecular complexity index is 740. The zero-order valence-corrected chi connectivity index (χ0v) is 12.5. The normalized spacial score (nSPS) is 12.0. The summed E-state index contributed by atoms with van der Waals surface area (Å²) in [6.45, 7) is 3.51. The fourth-order valence-electron chi connectivity index (χ4n) is 1.87. The monoisotopic (exact) mass is 305 g/mol. The van der Waals surface area contributed by atoms with E-state index in [0.29, 0.717) is 16.4 Å². The van der Waals surface area contributed by atoms with Gasteiger partial charge >= 0.3 is 0 Å². The molecule has 2 aromatic rings. The Kier molecular flexibility index (Phi) is 4.33. The number of hydrogen-bond acceptors (Lipinski definition) is 3. The maximum atomic E-state index is 12.2. The van der Waals surface area contributed by atoms with Gasteiger partial charge < -0.3 is 15.6 Å². The van der Waals surface area contributed by atoms with Crippen LogP contribution >= 0.6 is 11.6 Å². The standard InChI is InChI=1S/C15H16ClN3O2/c1-9-3-5-12(7-13(9)16)18-15(21)10(2)19-8-11(17)4-6-14(19)20/h3-8,10H,17H2,1-2H3,(H,18,21). The Morgan fingerprint density at radius 2 is 2.05 bits per heavy atom. The van der Waals surface area contributed by atoms with Crippen molar-refractivity contribution in [2.45, 2.75) is 19.9 Å². The summed E-state index contributed by atoms with van der Waals surface area (Å²) < 4.78 is 1.29. The van der Waals surface area contributed by atoms with Crippen LogP contribution in [0.25, 0.3) is 0 Å². The number of nitrogens with one attached hydrogen (secondary N) is 1. The second-order valence-electron chi connectivity index (χ2n) is 4.84. The molecule has 1 heterocycles. The average Bonchev–Trinajstić information content (AvgIpc) is 2.44. The number of benzene rings is 1. The van der Waals surface area contributed by atoms with Crippen LogP contribution in [0.3, 0.4) is 0 Å². The van der Waals surface area contributed by atoms with Crippen LogP contribution in [-0.4, -0.2) is 10.5 Å². The second kappa shape index (κ2) is 6.01. The van der Waals surface area contributed by atoms with Crippen LogP contribution in [0, 0.1) is 6.92 Å². The topological polar surface area (TPSA) is 77.1 Å². The first kappa shape index (κ1) is 15.1. The minimum atomic E-state index is -0.680. The molecule has 0 bridgehead atoms. The summed E-state index contributed by atoms with van der Waals surface area (Å²) in [4.78, 5) is 24.0. The molecule has 1 atom stereocenters. The van der Waals surface area contributed by atoms with Crippen molar-refractivity contribution >= 4 is 28.9 Å². The third-order valence-corrected chi connectivity index (χ3v) is 3.60. The van der Waals surface area contributed by atoms with Crippen LogP contribution in [0.15, 0.2) is 41.3 Å². The second-order valence-corrected chi connectivity index (χ2v) is 5.24. The molecule has 21 heavy (non-hydrogen) atoms. The van der Waals surface area contributed by atoms with Gasteiger partial charge in [-0.2, -0.15) is 0 Å². The van der Waals surface area contributed by atoms with Crippen molar-refractivity contribution in [1.82, 2.24) is 4.57 Å². The Balaban J connectivity index is 2.21.